The molecule has 0 unspecified atom stereocenters. The number of methoxy groups -OCH3 is 1. The molecule has 0 N–H and O–H groups in total. The third-order valence-corrected chi connectivity index (χ3v) is 4.18. The molecule has 2 aromatic carbocycles. The Labute approximate surface area is 168 Å². The van der Waals surface area contributed by atoms with E-state index in [0.29, 0.717) is 28.3 Å². The number of benzene rings is 2. The van der Waals surface area contributed by atoms with Gasteiger partial charge in [-0.15, -0.1) is 6.42 Å². The topological polar surface area (TPSA) is 79.6 Å². The Kier molecular flexibility index (Phi) is 5.77. The van der Waals surface area contributed by atoms with Gasteiger partial charge in [-0.3, -0.25) is 9.59 Å². The zero-order valence-corrected chi connectivity index (χ0v) is 15.6. The second kappa shape index (κ2) is 8.60. The van der Waals surface area contributed by atoms with Crippen LogP contribution in [0.5, 0.6) is 11.5 Å². The summed E-state index contributed by atoms with van der Waals surface area (Å²) in [5.74, 6) is 2.62. The van der Waals surface area contributed by atoms with E-state index in [9.17, 15) is 14.9 Å². The first-order valence-corrected chi connectivity index (χ1v) is 8.60. The second-order valence-corrected chi connectivity index (χ2v) is 5.97. The van der Waals surface area contributed by atoms with Crippen LogP contribution in [0, 0.1) is 23.7 Å². The van der Waals surface area contributed by atoms with Gasteiger partial charge in [0.1, 0.15) is 6.61 Å². The van der Waals surface area contributed by atoms with E-state index >= 15 is 0 Å². The molecule has 2 aromatic rings. The fourth-order valence-electron chi connectivity index (χ4n) is 2.80. The lowest BCUT2D eigenvalue weighted by molar-refractivity contribution is -0.119. The van der Waals surface area contributed by atoms with E-state index in [2.05, 4.69) is 12.0 Å². The first kappa shape index (κ1) is 19.5. The molecule has 0 saturated heterocycles. The van der Waals surface area contributed by atoms with Crippen molar-refractivity contribution in [2.75, 3.05) is 18.6 Å². The zero-order valence-electron chi connectivity index (χ0n) is 15.6. The number of hydrogen-bond donors (Lipinski definition) is 0. The Morgan fingerprint density at radius 1 is 1.10 bits per heavy atom. The van der Waals surface area contributed by atoms with Crippen LogP contribution in [0.4, 0.5) is 5.69 Å². The number of allylic oxidation sites excluding steroid dienone is 1. The smallest absolute Gasteiger partial charge is 0.258 e. The third kappa shape index (κ3) is 4.18. The molecule has 2 amide bonds. The Morgan fingerprint density at radius 2 is 1.79 bits per heavy atom. The maximum Gasteiger partial charge on any atom is 0.258 e. The number of terminal acetylenes is 1. The predicted octanol–water partition coefficient (Wildman–Crippen LogP) is 3.20. The number of hydrogen-bond acceptors (Lipinski definition) is 5. The number of nitrogens with zero attached hydrogens (tertiary/aromatic N) is 2. The summed E-state index contributed by atoms with van der Waals surface area (Å²) in [6.45, 7) is 0.124. The molecule has 0 atom stereocenters. The minimum absolute atomic E-state index is 0.124. The molecular weight excluding hydrogens is 368 g/mol. The van der Waals surface area contributed by atoms with Crippen molar-refractivity contribution in [2.45, 2.75) is 0 Å². The molecule has 1 aliphatic rings. The molecule has 1 aliphatic heterocycles. The molecule has 0 saturated carbocycles. The fraction of sp³-hybridized carbons (Fsp3) is 0.0870. The van der Waals surface area contributed by atoms with Gasteiger partial charge in [-0.05, 0) is 41.5 Å². The van der Waals surface area contributed by atoms with Crippen molar-refractivity contribution in [3.8, 4) is 29.9 Å². The summed E-state index contributed by atoms with van der Waals surface area (Å²) in [6, 6.07) is 14.0. The molecule has 6 heteroatoms. The average Bonchev–Trinajstić information content (AvgIpc) is 3.09. The van der Waals surface area contributed by atoms with Crippen LogP contribution < -0.4 is 14.4 Å². The van der Waals surface area contributed by atoms with Gasteiger partial charge in [-0.2, -0.15) is 5.26 Å². The molecular formula is C23H16N2O4. The summed E-state index contributed by atoms with van der Waals surface area (Å²) in [5, 5.41) is 9.58. The lowest BCUT2D eigenvalue weighted by atomic mass is 10.0. The van der Waals surface area contributed by atoms with Crippen molar-refractivity contribution in [2.24, 2.45) is 0 Å². The van der Waals surface area contributed by atoms with E-state index in [0.717, 1.165) is 10.5 Å². The zero-order chi connectivity index (χ0) is 20.8. The number of imide groups is 1. The Hall–Kier alpha value is -4.29. The first-order chi connectivity index (χ1) is 14.1. The number of nitriles is 1. The standard InChI is InChI=1S/C23H16N2O4/c1-3-12-29-20-9-4-16(14-21(20)28-2)13-18(15-24)17-5-7-19(8-6-17)25-22(26)10-11-23(25)27/h1,4-11,13-14H,12H2,2H3/b18-13+. The summed E-state index contributed by atoms with van der Waals surface area (Å²) >= 11 is 0. The number of carbonyl (C=O) groups excluding carboxylic acids is 2. The van der Waals surface area contributed by atoms with E-state index in [1.165, 1.54) is 19.3 Å². The van der Waals surface area contributed by atoms with Crippen LogP contribution in [0.25, 0.3) is 11.6 Å². The fourth-order valence-corrected chi connectivity index (χ4v) is 2.80. The van der Waals surface area contributed by atoms with Crippen LogP contribution in [0.3, 0.4) is 0 Å². The average molecular weight is 384 g/mol. The molecule has 3 rings (SSSR count). The highest BCUT2D eigenvalue weighted by molar-refractivity contribution is 6.28. The lowest BCUT2D eigenvalue weighted by Crippen LogP contribution is -2.29. The normalized spacial score (nSPS) is 13.2. The predicted molar refractivity (Wildman–Crippen MR) is 109 cm³/mol. The molecule has 0 bridgehead atoms. The maximum absolute atomic E-state index is 11.8. The van der Waals surface area contributed by atoms with Gasteiger partial charge in [-0.1, -0.05) is 24.1 Å². The summed E-state index contributed by atoms with van der Waals surface area (Å²) in [4.78, 5) is 24.6. The Bertz CT molecular complexity index is 1080. The minimum Gasteiger partial charge on any atom is -0.493 e. The summed E-state index contributed by atoms with van der Waals surface area (Å²) in [6.07, 6.45) is 9.36. The molecule has 0 aromatic heterocycles. The molecule has 0 fully saturated rings. The van der Waals surface area contributed by atoms with E-state index in [1.807, 2.05) is 0 Å². The second-order valence-electron chi connectivity index (χ2n) is 5.97. The molecule has 1 heterocycles. The highest BCUT2D eigenvalue weighted by Crippen LogP contribution is 2.30. The molecule has 0 radical (unpaired) electrons. The van der Waals surface area contributed by atoms with Gasteiger partial charge < -0.3 is 9.47 Å². The van der Waals surface area contributed by atoms with Gasteiger partial charge in [0.25, 0.3) is 11.8 Å². The van der Waals surface area contributed by atoms with Crippen molar-refractivity contribution < 1.29 is 19.1 Å². The van der Waals surface area contributed by atoms with Crippen molar-refractivity contribution in [1.82, 2.24) is 0 Å². The van der Waals surface area contributed by atoms with E-state index in [-0.39, 0.29) is 6.61 Å². The van der Waals surface area contributed by atoms with Crippen LogP contribution in [0.15, 0.2) is 54.6 Å². The quantitative estimate of drug-likeness (QED) is 0.331. The lowest BCUT2D eigenvalue weighted by Gasteiger charge is -2.14. The molecule has 0 aliphatic carbocycles. The van der Waals surface area contributed by atoms with Gasteiger partial charge >= 0.3 is 0 Å². The van der Waals surface area contributed by atoms with Crippen LogP contribution in [0.1, 0.15) is 11.1 Å². The first-order valence-electron chi connectivity index (χ1n) is 8.60. The summed E-state index contributed by atoms with van der Waals surface area (Å²) in [5.41, 5.74) is 2.25. The van der Waals surface area contributed by atoms with Gasteiger partial charge in [-0.25, -0.2) is 4.90 Å². The van der Waals surface area contributed by atoms with Crippen molar-refractivity contribution in [3.63, 3.8) is 0 Å². The Morgan fingerprint density at radius 3 is 2.38 bits per heavy atom. The van der Waals surface area contributed by atoms with Gasteiger partial charge in [0.05, 0.1) is 24.4 Å². The summed E-state index contributed by atoms with van der Waals surface area (Å²) in [7, 11) is 1.52. The monoisotopic (exact) mass is 384 g/mol. The molecule has 142 valence electrons. The van der Waals surface area contributed by atoms with Crippen molar-refractivity contribution in [3.05, 3.63) is 65.7 Å². The van der Waals surface area contributed by atoms with Crippen LogP contribution in [0.2, 0.25) is 0 Å². The number of rotatable bonds is 6. The largest absolute Gasteiger partial charge is 0.493 e. The number of carbonyl (C=O) groups is 2. The Balaban J connectivity index is 1.87. The number of ether oxygens (including phenoxy) is 2. The highest BCUT2D eigenvalue weighted by Gasteiger charge is 2.24. The SMILES string of the molecule is C#CCOc1ccc(/C=C(\C#N)c2ccc(N3C(=O)C=CC3=O)cc2)cc1OC. The van der Waals surface area contributed by atoms with Crippen molar-refractivity contribution >= 4 is 29.2 Å². The van der Waals surface area contributed by atoms with Gasteiger partial charge in [0.15, 0.2) is 11.5 Å². The highest BCUT2D eigenvalue weighted by atomic mass is 16.5. The van der Waals surface area contributed by atoms with E-state index < -0.39 is 11.8 Å². The van der Waals surface area contributed by atoms with E-state index in [1.54, 1.807) is 48.5 Å². The van der Waals surface area contributed by atoms with Crippen LogP contribution in [-0.2, 0) is 9.59 Å². The minimum atomic E-state index is -0.391. The van der Waals surface area contributed by atoms with Crippen molar-refractivity contribution in [1.29, 1.82) is 5.26 Å². The van der Waals surface area contributed by atoms with Crippen LogP contribution >= 0.6 is 0 Å². The van der Waals surface area contributed by atoms with Crippen LogP contribution in [-0.4, -0.2) is 25.5 Å². The molecule has 6 nitrogen and oxygen atoms in total. The van der Waals surface area contributed by atoms with E-state index in [4.69, 9.17) is 15.9 Å². The maximum atomic E-state index is 11.8. The van der Waals surface area contributed by atoms with Gasteiger partial charge in [0.2, 0.25) is 0 Å². The molecule has 29 heavy (non-hydrogen) atoms. The summed E-state index contributed by atoms with van der Waals surface area (Å²) < 4.78 is 10.7. The number of amides is 2. The third-order valence-electron chi connectivity index (χ3n) is 4.18. The van der Waals surface area contributed by atoms with Gasteiger partial charge in [0, 0.05) is 12.2 Å². The molecule has 0 spiro atoms. The number of anilines is 1.